The first-order chi connectivity index (χ1) is 7.92. The number of rotatable bonds is 8. The summed E-state index contributed by atoms with van der Waals surface area (Å²) in [5.41, 5.74) is 4.51. The van der Waals surface area contributed by atoms with Gasteiger partial charge >= 0.3 is 0 Å². The van der Waals surface area contributed by atoms with E-state index in [0.717, 1.165) is 25.7 Å². The van der Waals surface area contributed by atoms with Crippen molar-refractivity contribution in [1.82, 2.24) is 4.90 Å². The first-order valence-corrected chi connectivity index (χ1v) is 6.44. The van der Waals surface area contributed by atoms with Gasteiger partial charge in [-0.05, 0) is 12.8 Å². The zero-order valence-corrected chi connectivity index (χ0v) is 11.6. The Morgan fingerprint density at radius 1 is 1.06 bits per heavy atom. The average molecular weight is 242 g/mol. The van der Waals surface area contributed by atoms with Crippen molar-refractivity contribution in [3.63, 3.8) is 0 Å². The molecule has 17 heavy (non-hydrogen) atoms. The van der Waals surface area contributed by atoms with Gasteiger partial charge in [-0.25, -0.2) is 0 Å². The second-order valence-corrected chi connectivity index (χ2v) is 4.85. The number of primary amides is 1. The zero-order valence-electron chi connectivity index (χ0n) is 11.6. The van der Waals surface area contributed by atoms with Crippen molar-refractivity contribution in [1.29, 1.82) is 0 Å². The van der Waals surface area contributed by atoms with Gasteiger partial charge in [-0.2, -0.15) is 0 Å². The van der Waals surface area contributed by atoms with E-state index >= 15 is 0 Å². The van der Waals surface area contributed by atoms with E-state index in [4.69, 9.17) is 5.73 Å². The maximum atomic E-state index is 12.2. The normalized spacial score (nSPS) is 11.3. The maximum Gasteiger partial charge on any atom is 0.237 e. The topological polar surface area (TPSA) is 63.4 Å². The summed E-state index contributed by atoms with van der Waals surface area (Å²) < 4.78 is 0. The third-order valence-electron chi connectivity index (χ3n) is 3.20. The van der Waals surface area contributed by atoms with Gasteiger partial charge in [-0.15, -0.1) is 0 Å². The van der Waals surface area contributed by atoms with E-state index in [0.29, 0.717) is 12.8 Å². The quantitative estimate of drug-likeness (QED) is 0.661. The van der Waals surface area contributed by atoms with E-state index in [1.54, 1.807) is 14.1 Å². The summed E-state index contributed by atoms with van der Waals surface area (Å²) >= 11 is 0. The van der Waals surface area contributed by atoms with E-state index in [9.17, 15) is 9.59 Å². The van der Waals surface area contributed by atoms with Gasteiger partial charge in [0.05, 0.1) is 0 Å². The summed E-state index contributed by atoms with van der Waals surface area (Å²) in [6.07, 6.45) is 4.76. The number of nitrogens with two attached hydrogens (primary N) is 1. The van der Waals surface area contributed by atoms with Gasteiger partial charge in [0.1, 0.15) is 5.41 Å². The summed E-state index contributed by atoms with van der Waals surface area (Å²) in [7, 11) is 3.36. The first kappa shape index (κ1) is 15.9. The van der Waals surface area contributed by atoms with Crippen LogP contribution in [0.15, 0.2) is 0 Å². The number of hydrogen-bond acceptors (Lipinski definition) is 2. The van der Waals surface area contributed by atoms with Crippen LogP contribution in [0.1, 0.15) is 52.4 Å². The van der Waals surface area contributed by atoms with Crippen LogP contribution in [0.4, 0.5) is 0 Å². The van der Waals surface area contributed by atoms with Crippen molar-refractivity contribution in [2.75, 3.05) is 14.1 Å². The number of carbonyl (C=O) groups excluding carboxylic acids is 2. The monoisotopic (exact) mass is 242 g/mol. The van der Waals surface area contributed by atoms with Crippen LogP contribution in [-0.4, -0.2) is 30.8 Å². The molecular formula is C13H26N2O2. The Kier molecular flexibility index (Phi) is 6.85. The van der Waals surface area contributed by atoms with Crippen molar-refractivity contribution in [2.24, 2.45) is 11.1 Å². The van der Waals surface area contributed by atoms with Crippen LogP contribution in [0.2, 0.25) is 0 Å². The molecule has 0 atom stereocenters. The third-order valence-corrected chi connectivity index (χ3v) is 3.20. The smallest absolute Gasteiger partial charge is 0.237 e. The van der Waals surface area contributed by atoms with Gasteiger partial charge in [0.2, 0.25) is 11.8 Å². The zero-order chi connectivity index (χ0) is 13.5. The van der Waals surface area contributed by atoms with Crippen LogP contribution in [0, 0.1) is 5.41 Å². The van der Waals surface area contributed by atoms with Gasteiger partial charge in [0.25, 0.3) is 0 Å². The van der Waals surface area contributed by atoms with E-state index in [1.165, 1.54) is 4.90 Å². The number of carbonyl (C=O) groups is 2. The highest BCUT2D eigenvalue weighted by atomic mass is 16.2. The molecule has 0 aliphatic carbocycles. The molecule has 0 aromatic carbocycles. The second-order valence-electron chi connectivity index (χ2n) is 4.85. The summed E-state index contributed by atoms with van der Waals surface area (Å²) in [5.74, 6) is -0.620. The van der Waals surface area contributed by atoms with Crippen molar-refractivity contribution >= 4 is 11.8 Å². The highest BCUT2D eigenvalue weighted by Crippen LogP contribution is 2.32. The van der Waals surface area contributed by atoms with Crippen molar-refractivity contribution in [3.8, 4) is 0 Å². The molecule has 0 fully saturated rings. The lowest BCUT2D eigenvalue weighted by molar-refractivity contribution is -0.148. The number of unbranched alkanes of at least 4 members (excludes halogenated alkanes) is 2. The molecule has 0 rings (SSSR count). The van der Waals surface area contributed by atoms with Crippen LogP contribution in [0.3, 0.4) is 0 Å². The van der Waals surface area contributed by atoms with E-state index in [2.05, 4.69) is 0 Å². The summed E-state index contributed by atoms with van der Waals surface area (Å²) in [4.78, 5) is 25.5. The fourth-order valence-corrected chi connectivity index (χ4v) is 2.08. The lowest BCUT2D eigenvalue weighted by Gasteiger charge is -2.31. The molecule has 0 aliphatic heterocycles. The van der Waals surface area contributed by atoms with Crippen molar-refractivity contribution < 1.29 is 9.59 Å². The Morgan fingerprint density at radius 2 is 1.47 bits per heavy atom. The van der Waals surface area contributed by atoms with Crippen molar-refractivity contribution in [2.45, 2.75) is 52.4 Å². The molecule has 0 heterocycles. The molecule has 0 bridgehead atoms. The standard InChI is InChI=1S/C13H26N2O2/c1-5-7-9-13(11(14)16,10-8-6-2)12(17)15(3)4/h5-10H2,1-4H3,(H2,14,16). The van der Waals surface area contributed by atoms with Gasteiger partial charge in [0.15, 0.2) is 0 Å². The molecule has 0 unspecified atom stereocenters. The number of nitrogens with zero attached hydrogens (tertiary/aromatic N) is 1. The molecular weight excluding hydrogens is 216 g/mol. The first-order valence-electron chi connectivity index (χ1n) is 6.44. The minimum Gasteiger partial charge on any atom is -0.369 e. The highest BCUT2D eigenvalue weighted by molar-refractivity contribution is 6.04. The fourth-order valence-electron chi connectivity index (χ4n) is 2.08. The molecule has 0 aromatic heterocycles. The van der Waals surface area contributed by atoms with Crippen LogP contribution in [0.25, 0.3) is 0 Å². The molecule has 4 heteroatoms. The Bertz CT molecular complexity index is 254. The molecule has 0 aliphatic rings. The maximum absolute atomic E-state index is 12.2. The summed E-state index contributed by atoms with van der Waals surface area (Å²) in [6, 6.07) is 0. The number of amides is 2. The lowest BCUT2D eigenvalue weighted by atomic mass is 9.76. The summed E-state index contributed by atoms with van der Waals surface area (Å²) in [6.45, 7) is 4.09. The van der Waals surface area contributed by atoms with E-state index in [1.807, 2.05) is 13.8 Å². The van der Waals surface area contributed by atoms with Crippen LogP contribution >= 0.6 is 0 Å². The minimum absolute atomic E-state index is 0.146. The molecule has 0 radical (unpaired) electrons. The third kappa shape index (κ3) is 4.02. The Morgan fingerprint density at radius 3 is 1.71 bits per heavy atom. The molecule has 4 nitrogen and oxygen atoms in total. The predicted octanol–water partition coefficient (Wildman–Crippen LogP) is 1.93. The second kappa shape index (κ2) is 7.30. The Hall–Kier alpha value is -1.06. The molecule has 2 amide bonds. The lowest BCUT2D eigenvalue weighted by Crippen LogP contribution is -2.49. The predicted molar refractivity (Wildman–Crippen MR) is 69.4 cm³/mol. The molecule has 0 saturated carbocycles. The Labute approximate surface area is 105 Å². The van der Waals surface area contributed by atoms with Gasteiger partial charge < -0.3 is 10.6 Å². The van der Waals surface area contributed by atoms with E-state index in [-0.39, 0.29) is 5.91 Å². The molecule has 2 N–H and O–H groups in total. The minimum atomic E-state index is -0.991. The van der Waals surface area contributed by atoms with Crippen molar-refractivity contribution in [3.05, 3.63) is 0 Å². The number of hydrogen-bond donors (Lipinski definition) is 1. The molecule has 0 aromatic rings. The largest absolute Gasteiger partial charge is 0.369 e. The Balaban J connectivity index is 5.08. The van der Waals surface area contributed by atoms with Gasteiger partial charge in [0, 0.05) is 14.1 Å². The SMILES string of the molecule is CCCCC(CCCC)(C(N)=O)C(=O)N(C)C. The highest BCUT2D eigenvalue weighted by Gasteiger charge is 2.43. The molecule has 100 valence electrons. The molecule has 0 spiro atoms. The molecule has 0 saturated heterocycles. The van der Waals surface area contributed by atoms with Gasteiger partial charge in [-0.3, -0.25) is 9.59 Å². The van der Waals surface area contributed by atoms with Crippen LogP contribution < -0.4 is 5.73 Å². The van der Waals surface area contributed by atoms with E-state index < -0.39 is 11.3 Å². The van der Waals surface area contributed by atoms with Crippen LogP contribution in [-0.2, 0) is 9.59 Å². The van der Waals surface area contributed by atoms with Gasteiger partial charge in [-0.1, -0.05) is 39.5 Å². The fraction of sp³-hybridized carbons (Fsp3) is 0.846. The summed E-state index contributed by atoms with van der Waals surface area (Å²) in [5, 5.41) is 0. The van der Waals surface area contributed by atoms with Crippen LogP contribution in [0.5, 0.6) is 0 Å². The average Bonchev–Trinajstić information content (AvgIpc) is 2.28.